The number of hydrogen-bond acceptors (Lipinski definition) is 2. The van der Waals surface area contributed by atoms with Gasteiger partial charge in [0, 0.05) is 24.7 Å². The Morgan fingerprint density at radius 1 is 1.21 bits per heavy atom. The van der Waals surface area contributed by atoms with E-state index in [0.29, 0.717) is 24.4 Å². The van der Waals surface area contributed by atoms with Crippen LogP contribution in [0.1, 0.15) is 23.2 Å². The van der Waals surface area contributed by atoms with Crippen LogP contribution < -0.4 is 5.32 Å². The number of likely N-dealkylation sites (tertiary alicyclic amines) is 1. The average molecular weight is 383 g/mol. The fourth-order valence-electron chi connectivity index (χ4n) is 2.52. The number of halogens is 5. The summed E-state index contributed by atoms with van der Waals surface area (Å²) in [5.41, 5.74) is 0.244. The summed E-state index contributed by atoms with van der Waals surface area (Å²) < 4.78 is 37.1. The first-order valence-electron chi connectivity index (χ1n) is 7.28. The minimum absolute atomic E-state index is 0.00388. The van der Waals surface area contributed by atoms with Crippen LogP contribution in [0, 0.1) is 5.92 Å². The molecule has 1 heterocycles. The molecule has 1 saturated heterocycles. The molecule has 1 aromatic carbocycles. The first-order chi connectivity index (χ1) is 11.2. The fourth-order valence-corrected chi connectivity index (χ4v) is 2.90. The Hall–Kier alpha value is -1.47. The van der Waals surface area contributed by atoms with Gasteiger partial charge in [0.05, 0.1) is 10.6 Å². The Bertz CT molecular complexity index is 630. The molecule has 1 aromatic rings. The van der Waals surface area contributed by atoms with Crippen molar-refractivity contribution >= 4 is 35.0 Å². The zero-order valence-electron chi connectivity index (χ0n) is 12.5. The molecule has 0 bridgehead atoms. The van der Waals surface area contributed by atoms with Gasteiger partial charge in [0.2, 0.25) is 0 Å². The van der Waals surface area contributed by atoms with E-state index in [4.69, 9.17) is 23.2 Å². The van der Waals surface area contributed by atoms with Gasteiger partial charge >= 0.3 is 12.1 Å². The number of carbonyl (C=O) groups is 2. The lowest BCUT2D eigenvalue weighted by atomic mass is 9.96. The van der Waals surface area contributed by atoms with Crippen molar-refractivity contribution in [2.45, 2.75) is 19.0 Å². The van der Waals surface area contributed by atoms with E-state index in [9.17, 15) is 22.8 Å². The highest BCUT2D eigenvalue weighted by Crippen LogP contribution is 2.24. The molecule has 0 unspecified atom stereocenters. The quantitative estimate of drug-likeness (QED) is 0.869. The standard InChI is InChI=1S/C15H15Cl2F3N2O2/c16-10-1-2-12(17)11(7-10)13(23)21-8-9-3-5-22(6-4-9)14(24)15(18,19)20/h1-2,7,9H,3-6,8H2,(H,21,23). The zero-order valence-corrected chi connectivity index (χ0v) is 14.0. The van der Waals surface area contributed by atoms with Crippen molar-refractivity contribution in [2.24, 2.45) is 5.92 Å². The van der Waals surface area contributed by atoms with Gasteiger partial charge in [0.25, 0.3) is 5.91 Å². The van der Waals surface area contributed by atoms with Gasteiger partial charge in [-0.25, -0.2) is 0 Å². The summed E-state index contributed by atoms with van der Waals surface area (Å²) in [5, 5.41) is 3.35. The van der Waals surface area contributed by atoms with Crippen LogP contribution in [0.15, 0.2) is 18.2 Å². The number of rotatable bonds is 3. The fraction of sp³-hybridized carbons (Fsp3) is 0.467. The van der Waals surface area contributed by atoms with Gasteiger partial charge in [-0.15, -0.1) is 0 Å². The summed E-state index contributed by atoms with van der Waals surface area (Å²) in [4.78, 5) is 24.0. The Morgan fingerprint density at radius 3 is 2.42 bits per heavy atom. The Balaban J connectivity index is 1.83. The van der Waals surface area contributed by atoms with Crippen molar-refractivity contribution in [3.63, 3.8) is 0 Å². The molecule has 24 heavy (non-hydrogen) atoms. The molecule has 0 atom stereocenters. The molecule has 0 radical (unpaired) electrons. The second-order valence-electron chi connectivity index (χ2n) is 5.57. The van der Waals surface area contributed by atoms with E-state index in [2.05, 4.69) is 5.32 Å². The first kappa shape index (κ1) is 18.9. The van der Waals surface area contributed by atoms with E-state index in [0.717, 1.165) is 4.90 Å². The number of hydrogen-bond donors (Lipinski definition) is 1. The zero-order chi connectivity index (χ0) is 17.9. The third-order valence-corrected chi connectivity index (χ3v) is 4.43. The van der Waals surface area contributed by atoms with Crippen molar-refractivity contribution in [3.8, 4) is 0 Å². The maximum Gasteiger partial charge on any atom is 0.471 e. The average Bonchev–Trinajstić information content (AvgIpc) is 2.53. The minimum Gasteiger partial charge on any atom is -0.352 e. The maximum absolute atomic E-state index is 12.4. The Labute approximate surface area is 146 Å². The van der Waals surface area contributed by atoms with Crippen LogP contribution in [0.3, 0.4) is 0 Å². The van der Waals surface area contributed by atoms with E-state index in [1.165, 1.54) is 12.1 Å². The molecule has 2 amide bonds. The van der Waals surface area contributed by atoms with Gasteiger partial charge in [-0.3, -0.25) is 9.59 Å². The molecule has 1 fully saturated rings. The molecular formula is C15H15Cl2F3N2O2. The highest BCUT2D eigenvalue weighted by Gasteiger charge is 2.43. The lowest BCUT2D eigenvalue weighted by Crippen LogP contribution is -2.46. The number of alkyl halides is 3. The topological polar surface area (TPSA) is 49.4 Å². The van der Waals surface area contributed by atoms with E-state index < -0.39 is 18.0 Å². The lowest BCUT2D eigenvalue weighted by Gasteiger charge is -2.32. The molecule has 0 aliphatic carbocycles. The SMILES string of the molecule is O=C(NCC1CCN(C(=O)C(F)(F)F)CC1)c1cc(Cl)ccc1Cl. The second kappa shape index (κ2) is 7.61. The predicted molar refractivity (Wildman–Crippen MR) is 84.2 cm³/mol. The third kappa shape index (κ3) is 4.77. The van der Waals surface area contributed by atoms with E-state index in [1.807, 2.05) is 0 Å². The normalized spacial score (nSPS) is 16.1. The third-order valence-electron chi connectivity index (χ3n) is 3.87. The van der Waals surface area contributed by atoms with Crippen LogP contribution in [-0.2, 0) is 4.79 Å². The van der Waals surface area contributed by atoms with Crippen LogP contribution in [-0.4, -0.2) is 42.5 Å². The van der Waals surface area contributed by atoms with E-state index in [-0.39, 0.29) is 29.6 Å². The van der Waals surface area contributed by atoms with Crippen LogP contribution in [0.4, 0.5) is 13.2 Å². The van der Waals surface area contributed by atoms with Crippen molar-refractivity contribution in [3.05, 3.63) is 33.8 Å². The molecule has 0 aromatic heterocycles. The second-order valence-corrected chi connectivity index (χ2v) is 6.41. The van der Waals surface area contributed by atoms with E-state index in [1.54, 1.807) is 6.07 Å². The summed E-state index contributed by atoms with van der Waals surface area (Å²) in [5.74, 6) is -2.20. The van der Waals surface area contributed by atoms with Crippen molar-refractivity contribution < 1.29 is 22.8 Å². The smallest absolute Gasteiger partial charge is 0.352 e. The van der Waals surface area contributed by atoms with Crippen LogP contribution in [0.5, 0.6) is 0 Å². The van der Waals surface area contributed by atoms with Crippen LogP contribution in [0.2, 0.25) is 10.0 Å². The van der Waals surface area contributed by atoms with E-state index >= 15 is 0 Å². The molecule has 1 aliphatic rings. The van der Waals surface area contributed by atoms with Gasteiger partial charge in [-0.1, -0.05) is 23.2 Å². The van der Waals surface area contributed by atoms with Gasteiger partial charge in [-0.05, 0) is 37.0 Å². The number of nitrogens with zero attached hydrogens (tertiary/aromatic N) is 1. The largest absolute Gasteiger partial charge is 0.471 e. The monoisotopic (exact) mass is 382 g/mol. The van der Waals surface area contributed by atoms with Gasteiger partial charge < -0.3 is 10.2 Å². The van der Waals surface area contributed by atoms with Crippen molar-refractivity contribution in [1.82, 2.24) is 10.2 Å². The maximum atomic E-state index is 12.4. The molecule has 4 nitrogen and oxygen atoms in total. The van der Waals surface area contributed by atoms with Crippen molar-refractivity contribution in [1.29, 1.82) is 0 Å². The van der Waals surface area contributed by atoms with Gasteiger partial charge in [-0.2, -0.15) is 13.2 Å². The lowest BCUT2D eigenvalue weighted by molar-refractivity contribution is -0.186. The van der Waals surface area contributed by atoms with Gasteiger partial charge in [0.1, 0.15) is 0 Å². The predicted octanol–water partition coefficient (Wildman–Crippen LogP) is 3.52. The summed E-state index contributed by atoms with van der Waals surface area (Å²) in [7, 11) is 0. The number of carbonyl (C=O) groups excluding carboxylic acids is 2. The summed E-state index contributed by atoms with van der Waals surface area (Å²) in [6.07, 6.45) is -4.05. The minimum atomic E-state index is -4.84. The highest BCUT2D eigenvalue weighted by atomic mass is 35.5. The summed E-state index contributed by atoms with van der Waals surface area (Å²) >= 11 is 11.8. The first-order valence-corrected chi connectivity index (χ1v) is 8.03. The number of benzene rings is 1. The molecule has 0 saturated carbocycles. The molecule has 9 heteroatoms. The molecule has 132 valence electrons. The molecule has 1 N–H and O–H groups in total. The Kier molecular flexibility index (Phi) is 5.98. The summed E-state index contributed by atoms with van der Waals surface area (Å²) in [6, 6.07) is 4.53. The number of amides is 2. The number of piperidine rings is 1. The van der Waals surface area contributed by atoms with Crippen molar-refractivity contribution in [2.75, 3.05) is 19.6 Å². The Morgan fingerprint density at radius 2 is 1.83 bits per heavy atom. The van der Waals surface area contributed by atoms with Crippen LogP contribution in [0.25, 0.3) is 0 Å². The molecular weight excluding hydrogens is 368 g/mol. The van der Waals surface area contributed by atoms with Gasteiger partial charge in [0.15, 0.2) is 0 Å². The molecule has 2 rings (SSSR count). The summed E-state index contributed by atoms with van der Waals surface area (Å²) in [6.45, 7) is 0.351. The number of nitrogens with one attached hydrogen (secondary N) is 1. The van der Waals surface area contributed by atoms with Crippen LogP contribution >= 0.6 is 23.2 Å². The molecule has 0 spiro atoms. The molecule has 1 aliphatic heterocycles. The highest BCUT2D eigenvalue weighted by molar-refractivity contribution is 6.35.